The first-order valence-corrected chi connectivity index (χ1v) is 7.60. The molecule has 94 valence electrons. The van der Waals surface area contributed by atoms with E-state index < -0.39 is 0 Å². The van der Waals surface area contributed by atoms with Crippen molar-refractivity contribution < 1.29 is 9.47 Å². The largest absolute Gasteiger partial charge is 0.493 e. The van der Waals surface area contributed by atoms with Crippen molar-refractivity contribution in [3.63, 3.8) is 0 Å². The summed E-state index contributed by atoms with van der Waals surface area (Å²) in [5.41, 5.74) is 8.03. The molecular formula is C12H17NO2S2. The molecular weight excluding hydrogens is 254 g/mol. The second kappa shape index (κ2) is 5.78. The number of ether oxygens (including phenoxy) is 2. The summed E-state index contributed by atoms with van der Waals surface area (Å²) in [6.07, 6.45) is 1.28. The Morgan fingerprint density at radius 2 is 1.71 bits per heavy atom. The number of hydrogen-bond acceptors (Lipinski definition) is 5. The molecule has 1 aromatic rings. The summed E-state index contributed by atoms with van der Waals surface area (Å²) in [5.74, 6) is 3.85. The van der Waals surface area contributed by atoms with Gasteiger partial charge < -0.3 is 15.2 Å². The van der Waals surface area contributed by atoms with E-state index in [2.05, 4.69) is 0 Å². The van der Waals surface area contributed by atoms with Gasteiger partial charge in [-0.1, -0.05) is 0 Å². The maximum Gasteiger partial charge on any atom is 0.162 e. The Morgan fingerprint density at radius 1 is 1.12 bits per heavy atom. The van der Waals surface area contributed by atoms with E-state index in [0.717, 1.165) is 17.0 Å². The highest BCUT2D eigenvalue weighted by Crippen LogP contribution is 2.48. The van der Waals surface area contributed by atoms with Crippen molar-refractivity contribution in [1.29, 1.82) is 0 Å². The van der Waals surface area contributed by atoms with E-state index in [4.69, 9.17) is 15.2 Å². The molecule has 0 saturated carbocycles. The summed E-state index contributed by atoms with van der Waals surface area (Å²) in [7, 11) is 3.28. The molecule has 0 amide bonds. The second-order valence-corrected chi connectivity index (χ2v) is 6.49. The lowest BCUT2D eigenvalue weighted by Crippen LogP contribution is -2.04. The van der Waals surface area contributed by atoms with Gasteiger partial charge in [0.25, 0.3) is 0 Å². The molecule has 0 spiro atoms. The Kier molecular flexibility index (Phi) is 4.34. The molecule has 5 heteroatoms. The Balaban J connectivity index is 2.32. The summed E-state index contributed by atoms with van der Waals surface area (Å²) >= 11 is 3.90. The van der Waals surface area contributed by atoms with Crippen molar-refractivity contribution >= 4 is 29.2 Å². The van der Waals surface area contributed by atoms with Crippen molar-refractivity contribution in [3.8, 4) is 11.5 Å². The van der Waals surface area contributed by atoms with Gasteiger partial charge in [-0.25, -0.2) is 0 Å². The lowest BCUT2D eigenvalue weighted by atomic mass is 10.2. The maximum absolute atomic E-state index is 6.09. The first kappa shape index (κ1) is 12.8. The van der Waals surface area contributed by atoms with Crippen molar-refractivity contribution in [2.45, 2.75) is 11.0 Å². The number of nitrogen functional groups attached to an aromatic ring is 1. The zero-order chi connectivity index (χ0) is 12.3. The Labute approximate surface area is 110 Å². The van der Waals surface area contributed by atoms with Gasteiger partial charge in [-0.3, -0.25) is 0 Å². The van der Waals surface area contributed by atoms with Crippen LogP contribution in [0.5, 0.6) is 11.5 Å². The molecule has 0 aromatic heterocycles. The van der Waals surface area contributed by atoms with Crippen LogP contribution in [-0.4, -0.2) is 25.7 Å². The molecule has 0 atom stereocenters. The predicted molar refractivity (Wildman–Crippen MR) is 76.2 cm³/mol. The highest BCUT2D eigenvalue weighted by molar-refractivity contribution is 8.16. The fourth-order valence-corrected chi connectivity index (χ4v) is 4.74. The Hall–Kier alpha value is -0.680. The lowest BCUT2D eigenvalue weighted by molar-refractivity contribution is 0.355. The average molecular weight is 271 g/mol. The smallest absolute Gasteiger partial charge is 0.162 e. The van der Waals surface area contributed by atoms with Gasteiger partial charge in [0.15, 0.2) is 11.5 Å². The molecule has 1 aliphatic heterocycles. The average Bonchev–Trinajstić information content (AvgIpc) is 2.39. The van der Waals surface area contributed by atoms with Gasteiger partial charge in [-0.05, 0) is 24.0 Å². The summed E-state index contributed by atoms with van der Waals surface area (Å²) in [6, 6.07) is 3.86. The van der Waals surface area contributed by atoms with E-state index in [1.807, 2.05) is 35.7 Å². The molecule has 2 N–H and O–H groups in total. The van der Waals surface area contributed by atoms with Crippen LogP contribution in [0.2, 0.25) is 0 Å². The minimum Gasteiger partial charge on any atom is -0.493 e. The van der Waals surface area contributed by atoms with Crippen LogP contribution in [0, 0.1) is 0 Å². The van der Waals surface area contributed by atoms with Gasteiger partial charge in [0.1, 0.15) is 0 Å². The quantitative estimate of drug-likeness (QED) is 0.856. The van der Waals surface area contributed by atoms with E-state index in [1.54, 1.807) is 14.2 Å². The van der Waals surface area contributed by atoms with Gasteiger partial charge in [0.05, 0.1) is 18.8 Å². The third-order valence-corrected chi connectivity index (χ3v) is 5.65. The van der Waals surface area contributed by atoms with Gasteiger partial charge in [-0.15, -0.1) is 23.5 Å². The topological polar surface area (TPSA) is 44.5 Å². The first-order valence-electron chi connectivity index (χ1n) is 5.51. The first-order chi connectivity index (χ1) is 8.26. The number of benzene rings is 1. The fraction of sp³-hybridized carbons (Fsp3) is 0.500. The zero-order valence-corrected chi connectivity index (χ0v) is 11.7. The molecule has 1 saturated heterocycles. The normalized spacial score (nSPS) is 16.8. The van der Waals surface area contributed by atoms with Crippen molar-refractivity contribution in [2.75, 3.05) is 31.5 Å². The van der Waals surface area contributed by atoms with E-state index in [-0.39, 0.29) is 0 Å². The van der Waals surface area contributed by atoms with Gasteiger partial charge in [-0.2, -0.15) is 0 Å². The molecule has 0 aliphatic carbocycles. The highest BCUT2D eigenvalue weighted by atomic mass is 32.2. The van der Waals surface area contributed by atoms with Gasteiger partial charge >= 0.3 is 0 Å². The lowest BCUT2D eigenvalue weighted by Gasteiger charge is -2.23. The van der Waals surface area contributed by atoms with Crippen LogP contribution in [0.15, 0.2) is 12.1 Å². The van der Waals surface area contributed by atoms with Crippen LogP contribution in [-0.2, 0) is 0 Å². The zero-order valence-electron chi connectivity index (χ0n) is 10.1. The van der Waals surface area contributed by atoms with Crippen LogP contribution in [0.3, 0.4) is 0 Å². The fourth-order valence-electron chi connectivity index (χ4n) is 1.78. The maximum atomic E-state index is 6.09. The third-order valence-electron chi connectivity index (χ3n) is 2.67. The second-order valence-electron chi connectivity index (χ2n) is 3.76. The van der Waals surface area contributed by atoms with E-state index in [9.17, 15) is 0 Å². The van der Waals surface area contributed by atoms with Gasteiger partial charge in [0, 0.05) is 17.3 Å². The summed E-state index contributed by atoms with van der Waals surface area (Å²) in [4.78, 5) is 0. The summed E-state index contributed by atoms with van der Waals surface area (Å²) in [5, 5.41) is 0. The SMILES string of the molecule is COc1cc(N)c(C2SCCCS2)cc1OC. The number of rotatable bonds is 3. The third kappa shape index (κ3) is 2.77. The Morgan fingerprint density at radius 3 is 2.29 bits per heavy atom. The molecule has 0 unspecified atom stereocenters. The van der Waals surface area contributed by atoms with Crippen LogP contribution >= 0.6 is 23.5 Å². The molecule has 2 rings (SSSR count). The molecule has 17 heavy (non-hydrogen) atoms. The predicted octanol–water partition coefficient (Wildman–Crippen LogP) is 3.15. The molecule has 1 heterocycles. The van der Waals surface area contributed by atoms with E-state index >= 15 is 0 Å². The number of nitrogens with two attached hydrogens (primary N) is 1. The van der Waals surface area contributed by atoms with Crippen LogP contribution in [0.4, 0.5) is 5.69 Å². The van der Waals surface area contributed by atoms with Crippen molar-refractivity contribution in [3.05, 3.63) is 17.7 Å². The highest BCUT2D eigenvalue weighted by Gasteiger charge is 2.21. The number of methoxy groups -OCH3 is 2. The number of thioether (sulfide) groups is 2. The Bertz CT molecular complexity index is 392. The standard InChI is InChI=1S/C12H17NO2S2/c1-14-10-6-8(9(13)7-11(10)15-2)12-16-4-3-5-17-12/h6-7,12H,3-5,13H2,1-2H3. The van der Waals surface area contributed by atoms with E-state index in [0.29, 0.717) is 10.3 Å². The molecule has 0 radical (unpaired) electrons. The number of anilines is 1. The molecule has 3 nitrogen and oxygen atoms in total. The molecule has 1 aliphatic rings. The summed E-state index contributed by atoms with van der Waals surface area (Å²) < 4.78 is 11.0. The van der Waals surface area contributed by atoms with Crippen LogP contribution in [0.1, 0.15) is 16.6 Å². The van der Waals surface area contributed by atoms with E-state index in [1.165, 1.54) is 17.9 Å². The van der Waals surface area contributed by atoms with Crippen molar-refractivity contribution in [2.24, 2.45) is 0 Å². The molecule has 1 aromatic carbocycles. The monoisotopic (exact) mass is 271 g/mol. The number of hydrogen-bond donors (Lipinski definition) is 1. The molecule has 1 fully saturated rings. The van der Waals surface area contributed by atoms with Crippen LogP contribution in [0.25, 0.3) is 0 Å². The van der Waals surface area contributed by atoms with Crippen LogP contribution < -0.4 is 15.2 Å². The molecule has 0 bridgehead atoms. The minimum absolute atomic E-state index is 0.420. The minimum atomic E-state index is 0.420. The summed E-state index contributed by atoms with van der Waals surface area (Å²) in [6.45, 7) is 0. The van der Waals surface area contributed by atoms with Crippen molar-refractivity contribution in [1.82, 2.24) is 0 Å². The van der Waals surface area contributed by atoms with Gasteiger partial charge in [0.2, 0.25) is 0 Å².